The molecule has 2 heteroatoms. The molecule has 10 heavy (non-hydrogen) atoms. The van der Waals surface area contributed by atoms with Crippen LogP contribution >= 0.6 is 0 Å². The van der Waals surface area contributed by atoms with Crippen LogP contribution in [0.15, 0.2) is 0 Å². The normalized spacial score (nSPS) is 31.2. The molecule has 1 aliphatic heterocycles. The summed E-state index contributed by atoms with van der Waals surface area (Å²) >= 11 is 0. The van der Waals surface area contributed by atoms with E-state index >= 15 is 0 Å². The van der Waals surface area contributed by atoms with Gasteiger partial charge in [0.2, 0.25) is 0 Å². The Hall–Kier alpha value is -0.110. The van der Waals surface area contributed by atoms with Gasteiger partial charge < -0.3 is 5.32 Å². The second-order valence-corrected chi connectivity index (χ2v) is 2.60. The van der Waals surface area contributed by atoms with Crippen LogP contribution < -0.4 is 5.32 Å². The highest BCUT2D eigenvalue weighted by molar-refractivity contribution is 4.77. The molecule has 1 heterocycles. The van der Waals surface area contributed by atoms with E-state index in [4.69, 9.17) is 0 Å². The lowest BCUT2D eigenvalue weighted by Crippen LogP contribution is -2.22. The molecule has 1 aliphatic rings. The van der Waals surface area contributed by atoms with Crippen molar-refractivity contribution in [1.82, 2.24) is 5.32 Å². The smallest absolute Gasteiger partial charge is 0.105 e. The lowest BCUT2D eigenvalue weighted by atomic mass is 10.1. The molecule has 1 nitrogen and oxygen atoms in total. The number of nitrogens with one attached hydrogen (secondary N) is 1. The predicted octanol–water partition coefficient (Wildman–Crippen LogP) is 1.98. The Balaban J connectivity index is 0.000000371. The van der Waals surface area contributed by atoms with Gasteiger partial charge in [-0.25, -0.2) is 4.39 Å². The molecule has 62 valence electrons. The number of rotatable bonds is 1. The van der Waals surface area contributed by atoms with E-state index in [1.807, 2.05) is 13.8 Å². The largest absolute Gasteiger partial charge is 0.311 e. The molecular formula is C8H18FN. The Morgan fingerprint density at radius 2 is 2.10 bits per heavy atom. The topological polar surface area (TPSA) is 12.0 Å². The van der Waals surface area contributed by atoms with Crippen molar-refractivity contribution in [3.8, 4) is 0 Å². The molecular weight excluding hydrogens is 129 g/mol. The van der Waals surface area contributed by atoms with Crippen molar-refractivity contribution < 1.29 is 4.39 Å². The summed E-state index contributed by atoms with van der Waals surface area (Å²) in [5.74, 6) is 0.677. The van der Waals surface area contributed by atoms with Crippen molar-refractivity contribution in [3.05, 3.63) is 0 Å². The van der Waals surface area contributed by atoms with Gasteiger partial charge in [0, 0.05) is 6.04 Å². The minimum atomic E-state index is -0.204. The van der Waals surface area contributed by atoms with Crippen LogP contribution in [0.1, 0.15) is 27.2 Å². The Labute approximate surface area is 63.0 Å². The molecule has 1 N–H and O–H groups in total. The third-order valence-electron chi connectivity index (χ3n) is 1.63. The fourth-order valence-electron chi connectivity index (χ4n) is 1.14. The van der Waals surface area contributed by atoms with E-state index in [-0.39, 0.29) is 12.7 Å². The summed E-state index contributed by atoms with van der Waals surface area (Å²) < 4.78 is 11.8. The minimum absolute atomic E-state index is 0.157. The monoisotopic (exact) mass is 147 g/mol. The van der Waals surface area contributed by atoms with Crippen LogP contribution in [0.4, 0.5) is 4.39 Å². The van der Waals surface area contributed by atoms with E-state index in [2.05, 4.69) is 12.2 Å². The average Bonchev–Trinajstić information content (AvgIpc) is 2.40. The summed E-state index contributed by atoms with van der Waals surface area (Å²) in [4.78, 5) is 0. The second kappa shape index (κ2) is 5.66. The van der Waals surface area contributed by atoms with E-state index in [1.165, 1.54) is 0 Å². The van der Waals surface area contributed by atoms with Crippen LogP contribution in [0.2, 0.25) is 0 Å². The zero-order chi connectivity index (χ0) is 7.98. The molecule has 0 saturated carbocycles. The highest BCUT2D eigenvalue weighted by Gasteiger charge is 2.19. The summed E-state index contributed by atoms with van der Waals surface area (Å²) in [6.07, 6.45) is 1.01. The van der Waals surface area contributed by atoms with Gasteiger partial charge in [-0.15, -0.1) is 0 Å². The van der Waals surface area contributed by atoms with Crippen molar-refractivity contribution in [2.45, 2.75) is 33.2 Å². The van der Waals surface area contributed by atoms with Gasteiger partial charge in [0.1, 0.15) is 6.67 Å². The number of hydrogen-bond acceptors (Lipinski definition) is 1. The Kier molecular flexibility index (Phi) is 5.60. The van der Waals surface area contributed by atoms with Crippen LogP contribution in [0, 0.1) is 5.92 Å². The lowest BCUT2D eigenvalue weighted by Gasteiger charge is -2.00. The summed E-state index contributed by atoms with van der Waals surface area (Å²) in [5, 5.41) is 3.08. The highest BCUT2D eigenvalue weighted by Crippen LogP contribution is 2.12. The first-order chi connectivity index (χ1) is 4.83. The molecule has 1 rings (SSSR count). The molecule has 0 aromatic carbocycles. The lowest BCUT2D eigenvalue weighted by molar-refractivity contribution is 0.401. The van der Waals surface area contributed by atoms with Crippen LogP contribution in [-0.2, 0) is 0 Å². The molecule has 0 aromatic heterocycles. The van der Waals surface area contributed by atoms with Crippen molar-refractivity contribution in [2.24, 2.45) is 5.92 Å². The van der Waals surface area contributed by atoms with Gasteiger partial charge in [0.05, 0.1) is 0 Å². The van der Waals surface area contributed by atoms with E-state index < -0.39 is 0 Å². The fourth-order valence-corrected chi connectivity index (χ4v) is 1.14. The third kappa shape index (κ3) is 3.16. The Bertz CT molecular complexity index is 75.7. The summed E-state index contributed by atoms with van der Waals surface area (Å²) in [6, 6.07) is 0.157. The molecule has 0 aliphatic carbocycles. The maximum Gasteiger partial charge on any atom is 0.105 e. The van der Waals surface area contributed by atoms with Crippen molar-refractivity contribution in [3.63, 3.8) is 0 Å². The predicted molar refractivity (Wildman–Crippen MR) is 42.9 cm³/mol. The van der Waals surface area contributed by atoms with Crippen LogP contribution in [0.25, 0.3) is 0 Å². The molecule has 0 radical (unpaired) electrons. The Morgan fingerprint density at radius 3 is 2.30 bits per heavy atom. The summed E-state index contributed by atoms with van der Waals surface area (Å²) in [7, 11) is 0. The first-order valence-electron chi connectivity index (χ1n) is 4.12. The van der Waals surface area contributed by atoms with E-state index in [0.717, 1.165) is 13.0 Å². The zero-order valence-electron chi connectivity index (χ0n) is 7.15. The summed E-state index contributed by atoms with van der Waals surface area (Å²) in [6.45, 7) is 6.93. The van der Waals surface area contributed by atoms with E-state index in [1.54, 1.807) is 0 Å². The fraction of sp³-hybridized carbons (Fsp3) is 1.00. The van der Waals surface area contributed by atoms with Gasteiger partial charge in [-0.1, -0.05) is 20.8 Å². The van der Waals surface area contributed by atoms with Gasteiger partial charge in [0.15, 0.2) is 0 Å². The minimum Gasteiger partial charge on any atom is -0.311 e. The maximum atomic E-state index is 11.8. The molecule has 1 unspecified atom stereocenters. The van der Waals surface area contributed by atoms with Crippen molar-refractivity contribution in [1.29, 1.82) is 0 Å². The Morgan fingerprint density at radius 1 is 1.50 bits per heavy atom. The van der Waals surface area contributed by atoms with E-state index in [9.17, 15) is 4.39 Å². The van der Waals surface area contributed by atoms with Crippen LogP contribution in [0.3, 0.4) is 0 Å². The first kappa shape index (κ1) is 9.89. The van der Waals surface area contributed by atoms with Gasteiger partial charge in [0.25, 0.3) is 0 Å². The third-order valence-corrected chi connectivity index (χ3v) is 1.63. The number of alkyl halides is 1. The molecule has 0 spiro atoms. The average molecular weight is 147 g/mol. The van der Waals surface area contributed by atoms with Gasteiger partial charge >= 0.3 is 0 Å². The second-order valence-electron chi connectivity index (χ2n) is 2.60. The zero-order valence-corrected chi connectivity index (χ0v) is 7.15. The molecule has 1 fully saturated rings. The van der Waals surface area contributed by atoms with Crippen molar-refractivity contribution >= 4 is 0 Å². The molecule has 0 bridgehead atoms. The van der Waals surface area contributed by atoms with Crippen LogP contribution in [-0.4, -0.2) is 19.3 Å². The van der Waals surface area contributed by atoms with E-state index in [0.29, 0.717) is 5.92 Å². The molecule has 0 aromatic rings. The van der Waals surface area contributed by atoms with Gasteiger partial charge in [-0.2, -0.15) is 0 Å². The number of hydrogen-bond donors (Lipinski definition) is 1. The molecule has 1 saturated heterocycles. The molecule has 0 amide bonds. The SMILES string of the molecule is CC.CC1CN[C@H](CF)C1. The van der Waals surface area contributed by atoms with Crippen molar-refractivity contribution in [2.75, 3.05) is 13.2 Å². The van der Waals surface area contributed by atoms with Gasteiger partial charge in [-0.05, 0) is 18.9 Å². The number of halogens is 1. The highest BCUT2D eigenvalue weighted by atomic mass is 19.1. The first-order valence-corrected chi connectivity index (χ1v) is 4.12. The summed E-state index contributed by atoms with van der Waals surface area (Å²) in [5.41, 5.74) is 0. The van der Waals surface area contributed by atoms with Crippen LogP contribution in [0.5, 0.6) is 0 Å². The van der Waals surface area contributed by atoms with Gasteiger partial charge in [-0.3, -0.25) is 0 Å². The quantitative estimate of drug-likeness (QED) is 0.598. The standard InChI is InChI=1S/C6H12FN.C2H6/c1-5-2-6(3-7)8-4-5;1-2/h5-6,8H,2-4H2,1H3;1-2H3/t5?,6-;/m0./s1. The maximum absolute atomic E-state index is 11.8. The molecule has 2 atom stereocenters.